The lowest BCUT2D eigenvalue weighted by atomic mass is 10.2. The first-order valence-corrected chi connectivity index (χ1v) is 7.80. The zero-order chi connectivity index (χ0) is 15.2. The fourth-order valence-corrected chi connectivity index (χ4v) is 2.56. The van der Waals surface area contributed by atoms with Crippen LogP contribution in [-0.4, -0.2) is 46.5 Å². The summed E-state index contributed by atoms with van der Waals surface area (Å²) in [5, 5.41) is 0. The molecule has 20 heavy (non-hydrogen) atoms. The van der Waals surface area contributed by atoms with E-state index in [1.807, 2.05) is 25.9 Å². The van der Waals surface area contributed by atoms with Crippen molar-refractivity contribution < 1.29 is 8.42 Å². The van der Waals surface area contributed by atoms with Gasteiger partial charge in [0, 0.05) is 18.2 Å². The van der Waals surface area contributed by atoms with Gasteiger partial charge in [-0.25, -0.2) is 13.1 Å². The minimum Gasteiger partial charge on any atom is -0.320 e. The van der Waals surface area contributed by atoms with Gasteiger partial charge in [0.15, 0.2) is 0 Å². The fraction of sp³-hybridized carbons (Fsp3) is 0.429. The summed E-state index contributed by atoms with van der Waals surface area (Å²) in [6.45, 7) is 2.55. The molecule has 1 rings (SSSR count). The molecule has 1 aromatic carbocycles. The molecule has 0 aliphatic carbocycles. The van der Waals surface area contributed by atoms with Crippen LogP contribution in [0.5, 0.6) is 0 Å². The number of nitrogens with two attached hydrogens (primary N) is 1. The lowest BCUT2D eigenvalue weighted by Crippen LogP contribution is -2.38. The van der Waals surface area contributed by atoms with E-state index >= 15 is 0 Å². The molecule has 0 bridgehead atoms. The predicted octanol–water partition coefficient (Wildman–Crippen LogP) is 0.225. The maximum Gasteiger partial charge on any atom is 0.240 e. The van der Waals surface area contributed by atoms with Crippen molar-refractivity contribution in [3.8, 4) is 11.8 Å². The van der Waals surface area contributed by atoms with Crippen molar-refractivity contribution in [2.24, 2.45) is 5.73 Å². The summed E-state index contributed by atoms with van der Waals surface area (Å²) < 4.78 is 27.0. The van der Waals surface area contributed by atoms with Gasteiger partial charge in [-0.05, 0) is 39.2 Å². The Hall–Kier alpha value is -1.39. The van der Waals surface area contributed by atoms with Crippen LogP contribution in [0.2, 0.25) is 0 Å². The van der Waals surface area contributed by atoms with Gasteiger partial charge in [-0.3, -0.25) is 0 Å². The van der Waals surface area contributed by atoms with Crippen LogP contribution in [0.25, 0.3) is 0 Å². The number of benzene rings is 1. The van der Waals surface area contributed by atoms with Crippen molar-refractivity contribution in [3.63, 3.8) is 0 Å². The van der Waals surface area contributed by atoms with Crippen LogP contribution in [0.1, 0.15) is 12.5 Å². The monoisotopic (exact) mass is 295 g/mol. The Balaban J connectivity index is 2.87. The number of rotatable bonds is 5. The molecule has 0 aromatic heterocycles. The summed E-state index contributed by atoms with van der Waals surface area (Å²) >= 11 is 0. The van der Waals surface area contributed by atoms with Gasteiger partial charge in [-0.1, -0.05) is 17.9 Å². The molecular formula is C14H21N3O2S. The summed E-state index contributed by atoms with van der Waals surface area (Å²) in [5.74, 6) is 5.53. The molecule has 0 spiro atoms. The maximum absolute atomic E-state index is 12.2. The minimum atomic E-state index is -3.51. The Bertz CT molecular complexity index is 600. The molecule has 5 nitrogen and oxygen atoms in total. The molecule has 0 aliphatic rings. The lowest BCUT2D eigenvalue weighted by molar-refractivity contribution is 0.314. The molecule has 0 saturated carbocycles. The second-order valence-electron chi connectivity index (χ2n) is 4.70. The van der Waals surface area contributed by atoms with Crippen molar-refractivity contribution in [2.45, 2.75) is 17.9 Å². The molecule has 1 aromatic rings. The molecule has 6 heteroatoms. The summed E-state index contributed by atoms with van der Waals surface area (Å²) in [6, 6.07) is 6.64. The number of hydrogen-bond donors (Lipinski definition) is 2. The van der Waals surface area contributed by atoms with Crippen LogP contribution in [-0.2, 0) is 10.0 Å². The number of nitrogens with zero attached hydrogens (tertiary/aromatic N) is 1. The summed E-state index contributed by atoms with van der Waals surface area (Å²) in [6.07, 6.45) is 0. The SMILES string of the molecule is CC(CNS(=O)(=O)c1cccc(C#CCN)c1)N(C)C. The molecule has 0 aliphatic heterocycles. The van der Waals surface area contributed by atoms with Gasteiger partial charge >= 0.3 is 0 Å². The van der Waals surface area contributed by atoms with E-state index in [0.29, 0.717) is 12.1 Å². The van der Waals surface area contributed by atoms with E-state index in [4.69, 9.17) is 5.73 Å². The first-order chi connectivity index (χ1) is 9.36. The fourth-order valence-electron chi connectivity index (χ4n) is 1.39. The zero-order valence-corrected chi connectivity index (χ0v) is 12.9. The van der Waals surface area contributed by atoms with Gasteiger partial charge in [-0.2, -0.15) is 0 Å². The lowest BCUT2D eigenvalue weighted by Gasteiger charge is -2.20. The van der Waals surface area contributed by atoms with E-state index < -0.39 is 10.0 Å². The second kappa shape index (κ2) is 7.41. The number of hydrogen-bond acceptors (Lipinski definition) is 4. The third-order valence-electron chi connectivity index (χ3n) is 2.93. The summed E-state index contributed by atoms with van der Waals surface area (Å²) in [5.41, 5.74) is 5.94. The summed E-state index contributed by atoms with van der Waals surface area (Å²) in [7, 11) is 0.297. The van der Waals surface area contributed by atoms with Crippen LogP contribution in [0, 0.1) is 11.8 Å². The van der Waals surface area contributed by atoms with Gasteiger partial charge in [0.2, 0.25) is 10.0 Å². The van der Waals surface area contributed by atoms with Gasteiger partial charge in [0.25, 0.3) is 0 Å². The van der Waals surface area contributed by atoms with E-state index in [0.717, 1.165) is 0 Å². The van der Waals surface area contributed by atoms with E-state index in [1.54, 1.807) is 24.3 Å². The van der Waals surface area contributed by atoms with E-state index in [2.05, 4.69) is 16.6 Å². The normalized spacial score (nSPS) is 12.8. The molecule has 0 radical (unpaired) electrons. The molecule has 0 heterocycles. The van der Waals surface area contributed by atoms with Crippen molar-refractivity contribution >= 4 is 10.0 Å². The highest BCUT2D eigenvalue weighted by Crippen LogP contribution is 2.11. The van der Waals surface area contributed by atoms with Crippen LogP contribution in [0.4, 0.5) is 0 Å². The first kappa shape index (κ1) is 16.7. The molecular weight excluding hydrogens is 274 g/mol. The maximum atomic E-state index is 12.2. The number of likely N-dealkylation sites (N-methyl/N-ethyl adjacent to an activating group) is 1. The topological polar surface area (TPSA) is 75.4 Å². The standard InChI is InChI=1S/C14H21N3O2S/c1-12(17(2)3)11-16-20(18,19)14-8-4-6-13(10-14)7-5-9-15/h4,6,8,10,12,16H,9,11,15H2,1-3H3. The highest BCUT2D eigenvalue weighted by molar-refractivity contribution is 7.89. The van der Waals surface area contributed by atoms with Crippen molar-refractivity contribution in [3.05, 3.63) is 29.8 Å². The second-order valence-corrected chi connectivity index (χ2v) is 6.47. The Kier molecular flexibility index (Phi) is 6.17. The van der Waals surface area contributed by atoms with Crippen LogP contribution < -0.4 is 10.5 Å². The third kappa shape index (κ3) is 4.94. The smallest absolute Gasteiger partial charge is 0.240 e. The quantitative estimate of drug-likeness (QED) is 0.762. The molecule has 0 amide bonds. The molecule has 1 atom stereocenters. The largest absolute Gasteiger partial charge is 0.320 e. The predicted molar refractivity (Wildman–Crippen MR) is 80.7 cm³/mol. The van der Waals surface area contributed by atoms with Crippen LogP contribution in [0.15, 0.2) is 29.2 Å². The number of nitrogens with one attached hydrogen (secondary N) is 1. The van der Waals surface area contributed by atoms with Gasteiger partial charge in [0.1, 0.15) is 0 Å². The molecule has 0 fully saturated rings. The van der Waals surface area contributed by atoms with Gasteiger partial charge in [0.05, 0.1) is 11.4 Å². The van der Waals surface area contributed by atoms with Gasteiger partial charge in [-0.15, -0.1) is 0 Å². The molecule has 0 saturated heterocycles. The molecule has 3 N–H and O–H groups in total. The minimum absolute atomic E-state index is 0.116. The van der Waals surface area contributed by atoms with E-state index in [1.165, 1.54) is 0 Å². The molecule has 110 valence electrons. The van der Waals surface area contributed by atoms with Crippen LogP contribution >= 0.6 is 0 Å². The van der Waals surface area contributed by atoms with Crippen molar-refractivity contribution in [2.75, 3.05) is 27.2 Å². The number of sulfonamides is 1. The Labute approximate surface area is 121 Å². The summed E-state index contributed by atoms with van der Waals surface area (Å²) in [4.78, 5) is 2.17. The highest BCUT2D eigenvalue weighted by atomic mass is 32.2. The van der Waals surface area contributed by atoms with E-state index in [-0.39, 0.29) is 17.5 Å². The van der Waals surface area contributed by atoms with Gasteiger partial charge < -0.3 is 10.6 Å². The van der Waals surface area contributed by atoms with Crippen LogP contribution in [0.3, 0.4) is 0 Å². The third-order valence-corrected chi connectivity index (χ3v) is 4.35. The zero-order valence-electron chi connectivity index (χ0n) is 12.1. The van der Waals surface area contributed by atoms with E-state index in [9.17, 15) is 8.42 Å². The average Bonchev–Trinajstić information content (AvgIpc) is 2.42. The average molecular weight is 295 g/mol. The molecule has 1 unspecified atom stereocenters. The van der Waals surface area contributed by atoms with Crippen molar-refractivity contribution in [1.29, 1.82) is 0 Å². The Morgan fingerprint density at radius 3 is 2.70 bits per heavy atom. The Morgan fingerprint density at radius 2 is 2.10 bits per heavy atom. The first-order valence-electron chi connectivity index (χ1n) is 6.32. The Morgan fingerprint density at radius 1 is 1.40 bits per heavy atom. The highest BCUT2D eigenvalue weighted by Gasteiger charge is 2.15. The van der Waals surface area contributed by atoms with Crippen molar-refractivity contribution in [1.82, 2.24) is 9.62 Å².